The minimum absolute atomic E-state index is 0. The van der Waals surface area contributed by atoms with Crippen molar-refractivity contribution in [3.05, 3.63) is 23.8 Å². The second kappa shape index (κ2) is 8.24. The molecule has 0 aliphatic carbocycles. The first-order valence-electron chi connectivity index (χ1n) is 8.32. The molecule has 2 amide bonds. The molecule has 1 fully saturated rings. The third kappa shape index (κ3) is 4.12. The predicted molar refractivity (Wildman–Crippen MR) is 97.5 cm³/mol. The van der Waals surface area contributed by atoms with Crippen LogP contribution in [0.3, 0.4) is 0 Å². The van der Waals surface area contributed by atoms with Crippen LogP contribution >= 0.6 is 12.4 Å². The molecule has 0 spiro atoms. The maximum Gasteiger partial charge on any atom is 0.241 e. The van der Waals surface area contributed by atoms with E-state index in [2.05, 4.69) is 5.32 Å². The van der Waals surface area contributed by atoms with Crippen molar-refractivity contribution in [3.63, 3.8) is 0 Å². The van der Waals surface area contributed by atoms with Crippen molar-refractivity contribution in [1.82, 2.24) is 10.2 Å². The summed E-state index contributed by atoms with van der Waals surface area (Å²) in [7, 11) is 0. The molecule has 1 aromatic rings. The van der Waals surface area contributed by atoms with Crippen LogP contribution < -0.4 is 16.0 Å². The van der Waals surface area contributed by atoms with Crippen molar-refractivity contribution in [2.75, 3.05) is 43.4 Å². The first-order valence-corrected chi connectivity index (χ1v) is 8.32. The van der Waals surface area contributed by atoms with Gasteiger partial charge in [0.25, 0.3) is 0 Å². The second-order valence-corrected chi connectivity index (χ2v) is 6.23. The van der Waals surface area contributed by atoms with E-state index in [4.69, 9.17) is 5.73 Å². The Labute approximate surface area is 148 Å². The van der Waals surface area contributed by atoms with Gasteiger partial charge in [-0.3, -0.25) is 9.59 Å². The Morgan fingerprint density at radius 2 is 1.88 bits per heavy atom. The molecule has 2 heterocycles. The molecule has 0 aromatic heterocycles. The molecule has 0 radical (unpaired) electrons. The smallest absolute Gasteiger partial charge is 0.241 e. The monoisotopic (exact) mass is 352 g/mol. The predicted octanol–water partition coefficient (Wildman–Crippen LogP) is 1.18. The van der Waals surface area contributed by atoms with Gasteiger partial charge in [-0.2, -0.15) is 0 Å². The molecule has 3 N–H and O–H groups in total. The van der Waals surface area contributed by atoms with Gasteiger partial charge < -0.3 is 20.9 Å². The molecule has 6 nitrogen and oxygen atoms in total. The lowest BCUT2D eigenvalue weighted by molar-refractivity contribution is -0.131. The molecule has 3 rings (SSSR count). The summed E-state index contributed by atoms with van der Waals surface area (Å²) in [6.45, 7) is 2.82. The van der Waals surface area contributed by atoms with Gasteiger partial charge in [0.2, 0.25) is 11.8 Å². The SMILES string of the molecule is Cl.Nc1cccc2c1CCCN2CC(=O)NCC(=O)N1CCCC1. The average Bonchev–Trinajstić information content (AvgIpc) is 3.08. The van der Waals surface area contributed by atoms with Gasteiger partial charge in [-0.05, 0) is 43.4 Å². The number of nitrogens with zero attached hydrogens (tertiary/aromatic N) is 2. The average molecular weight is 353 g/mol. The van der Waals surface area contributed by atoms with E-state index < -0.39 is 0 Å². The minimum atomic E-state index is -0.118. The van der Waals surface area contributed by atoms with Crippen LogP contribution in [0.1, 0.15) is 24.8 Å². The molecule has 2 aliphatic rings. The fourth-order valence-corrected chi connectivity index (χ4v) is 3.37. The molecule has 7 heteroatoms. The number of fused-ring (bicyclic) bond motifs is 1. The highest BCUT2D eigenvalue weighted by atomic mass is 35.5. The molecule has 24 heavy (non-hydrogen) atoms. The lowest BCUT2D eigenvalue weighted by atomic mass is 10.00. The molecule has 1 saturated heterocycles. The van der Waals surface area contributed by atoms with Crippen molar-refractivity contribution in [3.8, 4) is 0 Å². The Morgan fingerprint density at radius 1 is 1.12 bits per heavy atom. The first-order chi connectivity index (χ1) is 11.1. The van der Waals surface area contributed by atoms with Gasteiger partial charge in [-0.1, -0.05) is 6.07 Å². The van der Waals surface area contributed by atoms with Gasteiger partial charge in [-0.15, -0.1) is 12.4 Å². The number of nitrogens with one attached hydrogen (secondary N) is 1. The summed E-state index contributed by atoms with van der Waals surface area (Å²) in [6.07, 6.45) is 4.06. The third-order valence-electron chi connectivity index (χ3n) is 4.61. The van der Waals surface area contributed by atoms with Crippen molar-refractivity contribution in [2.24, 2.45) is 0 Å². The van der Waals surface area contributed by atoms with Crippen molar-refractivity contribution < 1.29 is 9.59 Å². The number of benzene rings is 1. The Hall–Kier alpha value is -1.95. The number of hydrogen-bond acceptors (Lipinski definition) is 4. The van der Waals surface area contributed by atoms with Crippen LogP contribution in [0, 0.1) is 0 Å². The van der Waals surface area contributed by atoms with E-state index in [9.17, 15) is 9.59 Å². The Balaban J connectivity index is 0.00000208. The van der Waals surface area contributed by atoms with Crippen LogP contribution in [0.5, 0.6) is 0 Å². The maximum absolute atomic E-state index is 12.2. The highest BCUT2D eigenvalue weighted by Crippen LogP contribution is 2.30. The Morgan fingerprint density at radius 3 is 2.62 bits per heavy atom. The maximum atomic E-state index is 12.2. The van der Waals surface area contributed by atoms with Crippen molar-refractivity contribution >= 4 is 35.6 Å². The Kier molecular flexibility index (Phi) is 6.31. The zero-order valence-corrected chi connectivity index (χ0v) is 14.6. The zero-order valence-electron chi connectivity index (χ0n) is 13.8. The number of nitrogens with two attached hydrogens (primary N) is 1. The number of rotatable bonds is 4. The molecule has 0 atom stereocenters. The standard InChI is InChI=1S/C17H24N4O2.ClH/c18-14-6-3-7-15-13(14)5-4-10-21(15)12-16(22)19-11-17(23)20-8-1-2-9-20;/h3,6-7H,1-2,4-5,8-12,18H2,(H,19,22);1H. The van der Waals surface area contributed by atoms with Crippen molar-refractivity contribution in [2.45, 2.75) is 25.7 Å². The quantitative estimate of drug-likeness (QED) is 0.798. The molecule has 0 bridgehead atoms. The van der Waals surface area contributed by atoms with Gasteiger partial charge in [0.1, 0.15) is 0 Å². The van der Waals surface area contributed by atoms with E-state index in [1.165, 1.54) is 0 Å². The first kappa shape index (κ1) is 18.4. The van der Waals surface area contributed by atoms with Gasteiger partial charge >= 0.3 is 0 Å². The van der Waals surface area contributed by atoms with E-state index in [0.29, 0.717) is 0 Å². The molecule has 1 aromatic carbocycles. The van der Waals surface area contributed by atoms with Crippen LogP contribution in [0.4, 0.5) is 11.4 Å². The lowest BCUT2D eigenvalue weighted by Gasteiger charge is -2.31. The number of nitrogen functional groups attached to an aromatic ring is 1. The fraction of sp³-hybridized carbons (Fsp3) is 0.529. The Bertz CT molecular complexity index is 602. The molecule has 0 unspecified atom stereocenters. The highest BCUT2D eigenvalue weighted by molar-refractivity contribution is 5.87. The molecule has 0 saturated carbocycles. The molecular formula is C17H25ClN4O2. The van der Waals surface area contributed by atoms with E-state index in [-0.39, 0.29) is 37.3 Å². The number of carbonyl (C=O) groups is 2. The van der Waals surface area contributed by atoms with Crippen LogP contribution in [0.15, 0.2) is 18.2 Å². The van der Waals surface area contributed by atoms with Crippen LogP contribution in [0.25, 0.3) is 0 Å². The van der Waals surface area contributed by atoms with Crippen LogP contribution in [-0.2, 0) is 16.0 Å². The molecule has 132 valence electrons. The number of anilines is 2. The summed E-state index contributed by atoms with van der Waals surface area (Å²) >= 11 is 0. The van der Waals surface area contributed by atoms with Gasteiger partial charge in [0, 0.05) is 31.0 Å². The van der Waals surface area contributed by atoms with Crippen LogP contribution in [0.2, 0.25) is 0 Å². The lowest BCUT2D eigenvalue weighted by Crippen LogP contribution is -2.44. The molecule has 2 aliphatic heterocycles. The molecular weight excluding hydrogens is 328 g/mol. The number of hydrogen-bond donors (Lipinski definition) is 2. The summed E-state index contributed by atoms with van der Waals surface area (Å²) in [5.74, 6) is -0.105. The van der Waals surface area contributed by atoms with E-state index in [1.54, 1.807) is 0 Å². The third-order valence-corrected chi connectivity index (χ3v) is 4.61. The van der Waals surface area contributed by atoms with Gasteiger partial charge in [-0.25, -0.2) is 0 Å². The van der Waals surface area contributed by atoms with E-state index in [0.717, 1.165) is 62.3 Å². The number of carbonyl (C=O) groups excluding carboxylic acids is 2. The fourth-order valence-electron chi connectivity index (χ4n) is 3.37. The second-order valence-electron chi connectivity index (χ2n) is 6.23. The zero-order chi connectivity index (χ0) is 16.2. The number of halogens is 1. The van der Waals surface area contributed by atoms with Gasteiger partial charge in [0.15, 0.2) is 0 Å². The normalized spacial score (nSPS) is 16.3. The van der Waals surface area contributed by atoms with Crippen molar-refractivity contribution in [1.29, 1.82) is 0 Å². The number of amides is 2. The largest absolute Gasteiger partial charge is 0.398 e. The summed E-state index contributed by atoms with van der Waals surface area (Å²) in [5.41, 5.74) is 8.98. The topological polar surface area (TPSA) is 78.7 Å². The highest BCUT2D eigenvalue weighted by Gasteiger charge is 2.22. The summed E-state index contributed by atoms with van der Waals surface area (Å²) in [5, 5.41) is 2.75. The van der Waals surface area contributed by atoms with Gasteiger partial charge in [0.05, 0.1) is 13.1 Å². The minimum Gasteiger partial charge on any atom is -0.398 e. The number of likely N-dealkylation sites (tertiary alicyclic amines) is 1. The summed E-state index contributed by atoms with van der Waals surface area (Å²) in [4.78, 5) is 28.0. The summed E-state index contributed by atoms with van der Waals surface area (Å²) < 4.78 is 0. The van der Waals surface area contributed by atoms with E-state index in [1.807, 2.05) is 28.0 Å². The van der Waals surface area contributed by atoms with Crippen LogP contribution in [-0.4, -0.2) is 49.4 Å². The summed E-state index contributed by atoms with van der Waals surface area (Å²) in [6, 6.07) is 5.83. The van der Waals surface area contributed by atoms with E-state index >= 15 is 0 Å².